The average Bonchev–Trinajstić information content (AvgIpc) is 3.22. The maximum atomic E-state index is 12.4. The second-order valence-corrected chi connectivity index (χ2v) is 6.05. The Morgan fingerprint density at radius 1 is 1.12 bits per heavy atom. The quantitative estimate of drug-likeness (QED) is 0.680. The van der Waals surface area contributed by atoms with Crippen LogP contribution >= 0.6 is 0 Å². The van der Waals surface area contributed by atoms with E-state index in [4.69, 9.17) is 14.2 Å². The highest BCUT2D eigenvalue weighted by Gasteiger charge is 2.50. The van der Waals surface area contributed by atoms with Gasteiger partial charge in [0.25, 0.3) is 0 Å². The summed E-state index contributed by atoms with van der Waals surface area (Å²) in [5, 5.41) is 14.1. The van der Waals surface area contributed by atoms with Gasteiger partial charge < -0.3 is 29.4 Å². The van der Waals surface area contributed by atoms with Gasteiger partial charge in [-0.15, -0.1) is 0 Å². The van der Waals surface area contributed by atoms with Crippen molar-refractivity contribution < 1.29 is 28.9 Å². The van der Waals surface area contributed by atoms with Crippen LogP contribution in [0.1, 0.15) is 5.56 Å². The molecule has 2 aliphatic rings. The first-order valence-electron chi connectivity index (χ1n) is 8.08. The number of nitrogens with one attached hydrogen (secondary N) is 1. The fourth-order valence-corrected chi connectivity index (χ4v) is 3.39. The van der Waals surface area contributed by atoms with E-state index in [1.165, 1.54) is 0 Å². The molecule has 0 aromatic heterocycles. The summed E-state index contributed by atoms with van der Waals surface area (Å²) in [5.41, 5.74) is 0.971. The van der Waals surface area contributed by atoms with Crippen molar-refractivity contribution in [2.45, 2.75) is 18.6 Å². The van der Waals surface area contributed by atoms with Crippen LogP contribution in [0.5, 0.6) is 11.5 Å². The monoisotopic (exact) mass is 346 g/mol. The Balaban J connectivity index is 1.58. The third-order valence-electron chi connectivity index (χ3n) is 4.64. The Morgan fingerprint density at radius 2 is 1.80 bits per heavy atom. The van der Waals surface area contributed by atoms with Crippen molar-refractivity contribution in [3.63, 3.8) is 0 Å². The van der Waals surface area contributed by atoms with Crippen LogP contribution in [0.2, 0.25) is 0 Å². The van der Waals surface area contributed by atoms with Gasteiger partial charge in [0.2, 0.25) is 5.91 Å². The van der Waals surface area contributed by atoms with Gasteiger partial charge in [-0.25, -0.2) is 0 Å². The van der Waals surface area contributed by atoms with Gasteiger partial charge in [0.1, 0.15) is 0 Å². The lowest BCUT2D eigenvalue weighted by Gasteiger charge is -2.25. The Hall–Kier alpha value is -2.54. The summed E-state index contributed by atoms with van der Waals surface area (Å²) in [7, 11) is 3.13. The molecule has 7 nitrogen and oxygen atoms in total. The minimum absolute atomic E-state index is 0.327. The number of carboxylic acids is 1. The number of carbonyl (C=O) groups excluding carboxylic acids is 2. The van der Waals surface area contributed by atoms with Crippen LogP contribution in [0.25, 0.3) is 0 Å². The number of amides is 1. The van der Waals surface area contributed by atoms with E-state index >= 15 is 0 Å². The van der Waals surface area contributed by atoms with Crippen molar-refractivity contribution in [3.05, 3.63) is 35.9 Å². The second kappa shape index (κ2) is 7.14. The fourth-order valence-electron chi connectivity index (χ4n) is 3.39. The number of carbonyl (C=O) groups is 2. The number of fused-ring (bicyclic) bond motifs is 2. The highest BCUT2D eigenvalue weighted by Crippen LogP contribution is 2.38. The van der Waals surface area contributed by atoms with Gasteiger partial charge in [0.15, 0.2) is 11.5 Å². The highest BCUT2D eigenvalue weighted by atomic mass is 16.5. The van der Waals surface area contributed by atoms with Crippen molar-refractivity contribution in [2.24, 2.45) is 11.8 Å². The Labute approximate surface area is 145 Å². The summed E-state index contributed by atoms with van der Waals surface area (Å²) in [6.07, 6.45) is 2.94. The first-order valence-corrected chi connectivity index (χ1v) is 8.08. The molecule has 0 unspecified atom stereocenters. The predicted octanol–water partition coefficient (Wildman–Crippen LogP) is -0.318. The summed E-state index contributed by atoms with van der Waals surface area (Å²) >= 11 is 0. The Morgan fingerprint density at radius 3 is 2.44 bits per heavy atom. The fraction of sp³-hybridized carbons (Fsp3) is 0.444. The molecule has 7 heteroatoms. The molecule has 1 aromatic rings. The molecule has 1 aromatic carbocycles. The van der Waals surface area contributed by atoms with Crippen LogP contribution in [-0.4, -0.2) is 44.8 Å². The van der Waals surface area contributed by atoms with Gasteiger partial charge >= 0.3 is 0 Å². The highest BCUT2D eigenvalue weighted by molar-refractivity contribution is 5.86. The number of rotatable bonds is 7. The summed E-state index contributed by atoms with van der Waals surface area (Å²) in [6, 6.07) is 5.54. The molecule has 2 bridgehead atoms. The Bertz CT molecular complexity index is 701. The van der Waals surface area contributed by atoms with Crippen LogP contribution in [0.4, 0.5) is 0 Å². The molecule has 1 amide bonds. The summed E-state index contributed by atoms with van der Waals surface area (Å²) in [4.78, 5) is 23.7. The molecular formula is C18H20NO6-. The minimum Gasteiger partial charge on any atom is -0.550 e. The number of aliphatic carboxylic acids is 1. The van der Waals surface area contributed by atoms with Crippen molar-refractivity contribution in [1.29, 1.82) is 0 Å². The van der Waals surface area contributed by atoms with Crippen molar-refractivity contribution in [1.82, 2.24) is 5.32 Å². The van der Waals surface area contributed by atoms with Gasteiger partial charge in [0.05, 0.1) is 32.3 Å². The molecule has 1 fully saturated rings. The lowest BCUT2D eigenvalue weighted by atomic mass is 9.82. The summed E-state index contributed by atoms with van der Waals surface area (Å²) in [6.45, 7) is 0.381. The minimum atomic E-state index is -1.25. The van der Waals surface area contributed by atoms with E-state index in [0.29, 0.717) is 24.5 Å². The van der Waals surface area contributed by atoms with Gasteiger partial charge in [-0.05, 0) is 24.1 Å². The first kappa shape index (κ1) is 17.3. The molecule has 0 spiro atoms. The molecule has 3 rings (SSSR count). The van der Waals surface area contributed by atoms with E-state index in [2.05, 4.69) is 5.32 Å². The molecule has 25 heavy (non-hydrogen) atoms. The van der Waals surface area contributed by atoms with Crippen molar-refractivity contribution in [2.75, 3.05) is 20.8 Å². The maximum absolute atomic E-state index is 12.4. The van der Waals surface area contributed by atoms with Gasteiger partial charge in [0, 0.05) is 18.4 Å². The van der Waals surface area contributed by atoms with Gasteiger partial charge in [-0.3, -0.25) is 4.79 Å². The molecule has 0 radical (unpaired) electrons. The molecule has 2 aliphatic heterocycles. The molecule has 134 valence electrons. The zero-order chi connectivity index (χ0) is 18.0. The zero-order valence-corrected chi connectivity index (χ0v) is 14.1. The van der Waals surface area contributed by atoms with E-state index in [9.17, 15) is 14.7 Å². The SMILES string of the molecule is COc1ccc(CCNC(=O)[C@@H]2[C@@H](C(=O)[O-])[C@H]3C=C[C@@H]2O3)cc1OC. The average molecular weight is 346 g/mol. The topological polar surface area (TPSA) is 96.9 Å². The van der Waals surface area contributed by atoms with Gasteiger partial charge in [-0.1, -0.05) is 18.2 Å². The predicted molar refractivity (Wildman–Crippen MR) is 86.0 cm³/mol. The smallest absolute Gasteiger partial charge is 0.226 e. The third kappa shape index (κ3) is 3.32. The van der Waals surface area contributed by atoms with E-state index in [0.717, 1.165) is 5.56 Å². The standard InChI is InChI=1S/C18H21NO6/c1-23-11-4-3-10(9-14(11)24-2)7-8-19-17(20)15-12-5-6-13(25-12)16(15)18(21)22/h3-6,9,12-13,15-16H,7-8H2,1-2H3,(H,19,20)(H,21,22)/p-1/t12-,13+,15-,16-/m0/s1. The van der Waals surface area contributed by atoms with E-state index < -0.39 is 30.0 Å². The number of methoxy groups -OCH3 is 2. The lowest BCUT2D eigenvalue weighted by Crippen LogP contribution is -2.47. The van der Waals surface area contributed by atoms with Crippen molar-refractivity contribution >= 4 is 11.9 Å². The van der Waals surface area contributed by atoms with Gasteiger partial charge in [-0.2, -0.15) is 0 Å². The van der Waals surface area contributed by atoms with Crippen LogP contribution in [0, 0.1) is 11.8 Å². The van der Waals surface area contributed by atoms with Crippen LogP contribution in [-0.2, 0) is 20.7 Å². The lowest BCUT2D eigenvalue weighted by molar-refractivity contribution is -0.313. The number of benzene rings is 1. The number of hydrogen-bond acceptors (Lipinski definition) is 6. The van der Waals surface area contributed by atoms with E-state index in [1.54, 1.807) is 32.4 Å². The number of carboxylic acid groups (broad SMARTS) is 1. The largest absolute Gasteiger partial charge is 0.550 e. The molecule has 0 saturated carbocycles. The molecule has 1 saturated heterocycles. The third-order valence-corrected chi connectivity index (χ3v) is 4.64. The molecule has 0 aliphatic carbocycles. The summed E-state index contributed by atoms with van der Waals surface area (Å²) < 4.78 is 15.9. The normalized spacial score (nSPS) is 26.5. The van der Waals surface area contributed by atoms with Crippen molar-refractivity contribution in [3.8, 4) is 11.5 Å². The molecule has 2 heterocycles. The number of hydrogen-bond donors (Lipinski definition) is 1. The molecule has 1 N–H and O–H groups in total. The van der Waals surface area contributed by atoms with Crippen LogP contribution in [0.3, 0.4) is 0 Å². The van der Waals surface area contributed by atoms with Crippen LogP contribution < -0.4 is 19.9 Å². The van der Waals surface area contributed by atoms with E-state index in [-0.39, 0.29) is 5.91 Å². The second-order valence-electron chi connectivity index (χ2n) is 6.05. The van der Waals surface area contributed by atoms with Crippen LogP contribution in [0.15, 0.2) is 30.4 Å². The van der Waals surface area contributed by atoms with E-state index in [1.807, 2.05) is 12.1 Å². The first-order chi connectivity index (χ1) is 12.0. The maximum Gasteiger partial charge on any atom is 0.226 e. The zero-order valence-electron chi connectivity index (χ0n) is 14.1. The molecule has 4 atom stereocenters. The summed E-state index contributed by atoms with van der Waals surface area (Å²) in [5.74, 6) is -2.00. The number of ether oxygens (including phenoxy) is 3. The Kier molecular flexibility index (Phi) is 4.94. The molecular weight excluding hydrogens is 326 g/mol.